The number of esters is 3. The topological polar surface area (TPSA) is 161 Å². The summed E-state index contributed by atoms with van der Waals surface area (Å²) in [5.41, 5.74) is 1.07. The molecule has 12 atom stereocenters. The number of halogens is 3. The molecule has 322 valence electrons. The standard InChI is InChI=1S/C17H20FNO4.C14H15FO4.C14H15FO3/c18-15(12-4-2-1-3-5-12)16(21)17-13(6-7-14(20)23-17)19-8-10-22-11-9-19;1-18-10-7-8-11(16)19-14(10)13(17)12(15)9-5-3-2-4-6-9;1-9-7-8-11(16)18-14(9)13(17)12(15)10-5-3-2-4-6-10/h1-7,13,15-17,21H,8-11H2;2-8,10,12-14,17H,1H3;2-9,12-14,17H,1H3/t13-,15+,16-,17+;10-,12+,13-,14+;9-,12+,13-,14+/m000/s1. The molecule has 4 heterocycles. The summed E-state index contributed by atoms with van der Waals surface area (Å²) in [6.07, 6.45) is -4.04. The van der Waals surface area contributed by atoms with Crippen LogP contribution in [-0.4, -0.2) is 120 Å². The number of benzene rings is 3. The molecule has 60 heavy (non-hydrogen) atoms. The van der Waals surface area contributed by atoms with E-state index < -0.39 is 79.2 Å². The number of rotatable bonds is 11. The minimum absolute atomic E-state index is 0.209. The van der Waals surface area contributed by atoms with Gasteiger partial charge in [0, 0.05) is 44.3 Å². The van der Waals surface area contributed by atoms with Crippen LogP contribution in [-0.2, 0) is 38.1 Å². The molecule has 0 unspecified atom stereocenters. The van der Waals surface area contributed by atoms with Gasteiger partial charge in [0.05, 0.1) is 19.3 Å². The highest BCUT2D eigenvalue weighted by Crippen LogP contribution is 2.32. The van der Waals surface area contributed by atoms with E-state index in [1.807, 2.05) is 4.90 Å². The molecular weight excluding hydrogens is 787 g/mol. The van der Waals surface area contributed by atoms with Crippen LogP contribution in [0.15, 0.2) is 127 Å². The Morgan fingerprint density at radius 2 is 0.967 bits per heavy atom. The molecular formula is C45H50F3NO11. The number of ether oxygens (including phenoxy) is 5. The van der Waals surface area contributed by atoms with Crippen LogP contribution in [0.3, 0.4) is 0 Å². The summed E-state index contributed by atoms with van der Waals surface area (Å²) < 4.78 is 68.6. The molecule has 1 fully saturated rings. The number of aliphatic hydroxyl groups is 3. The largest absolute Gasteiger partial charge is 0.456 e. The summed E-state index contributed by atoms with van der Waals surface area (Å²) in [4.78, 5) is 36.0. The van der Waals surface area contributed by atoms with Crippen LogP contribution in [0.4, 0.5) is 13.2 Å². The Hall–Kier alpha value is -5.16. The van der Waals surface area contributed by atoms with E-state index >= 15 is 0 Å². The molecule has 12 nitrogen and oxygen atoms in total. The highest BCUT2D eigenvalue weighted by molar-refractivity contribution is 5.84. The van der Waals surface area contributed by atoms with Gasteiger partial charge in [0.25, 0.3) is 0 Å². The van der Waals surface area contributed by atoms with Crippen molar-refractivity contribution in [1.29, 1.82) is 0 Å². The lowest BCUT2D eigenvalue weighted by Gasteiger charge is -2.40. The molecule has 1 saturated heterocycles. The van der Waals surface area contributed by atoms with Crippen molar-refractivity contribution in [2.45, 2.75) is 74.2 Å². The minimum Gasteiger partial charge on any atom is -0.456 e. The first kappa shape index (κ1) is 45.9. The number of hydrogen-bond donors (Lipinski definition) is 3. The van der Waals surface area contributed by atoms with E-state index in [9.17, 15) is 42.9 Å². The maximum absolute atomic E-state index is 14.7. The van der Waals surface area contributed by atoms with Crippen LogP contribution >= 0.6 is 0 Å². The van der Waals surface area contributed by atoms with E-state index in [0.717, 1.165) is 0 Å². The third-order valence-electron chi connectivity index (χ3n) is 10.3. The lowest BCUT2D eigenvalue weighted by molar-refractivity contribution is -0.165. The summed E-state index contributed by atoms with van der Waals surface area (Å²) in [6.45, 7) is 4.21. The Morgan fingerprint density at radius 3 is 1.43 bits per heavy atom. The Bertz CT molecular complexity index is 1900. The second-order valence-electron chi connectivity index (χ2n) is 14.4. The number of alkyl halides is 3. The number of cyclic esters (lactones) is 3. The lowest BCUT2D eigenvalue weighted by atomic mass is 9.92. The molecule has 7 rings (SSSR count). The number of nitrogens with zero attached hydrogens (tertiary/aromatic N) is 1. The van der Waals surface area contributed by atoms with Crippen molar-refractivity contribution in [2.75, 3.05) is 33.4 Å². The van der Waals surface area contributed by atoms with Gasteiger partial charge >= 0.3 is 17.9 Å². The number of aliphatic hydroxyl groups excluding tert-OH is 3. The molecule has 4 aliphatic heterocycles. The number of hydrogen-bond acceptors (Lipinski definition) is 12. The van der Waals surface area contributed by atoms with Gasteiger partial charge in [-0.15, -0.1) is 0 Å². The van der Waals surface area contributed by atoms with Crippen molar-refractivity contribution in [3.8, 4) is 0 Å². The smallest absolute Gasteiger partial charge is 0.330 e. The monoisotopic (exact) mass is 837 g/mol. The molecule has 0 saturated carbocycles. The van der Waals surface area contributed by atoms with Crippen LogP contribution in [0.2, 0.25) is 0 Å². The van der Waals surface area contributed by atoms with Gasteiger partial charge in [0.15, 0.2) is 30.7 Å². The first-order valence-corrected chi connectivity index (χ1v) is 19.5. The van der Waals surface area contributed by atoms with Gasteiger partial charge in [-0.25, -0.2) is 27.6 Å². The first-order valence-electron chi connectivity index (χ1n) is 19.5. The Labute approximate surface area is 346 Å². The lowest BCUT2D eigenvalue weighted by Crippen LogP contribution is -2.55. The zero-order valence-electron chi connectivity index (χ0n) is 33.1. The average molecular weight is 838 g/mol. The fourth-order valence-electron chi connectivity index (χ4n) is 7.01. The number of methoxy groups -OCH3 is 1. The highest BCUT2D eigenvalue weighted by Gasteiger charge is 2.42. The molecule has 3 N–H and O–H groups in total. The van der Waals surface area contributed by atoms with Gasteiger partial charge in [-0.05, 0) is 22.8 Å². The van der Waals surface area contributed by atoms with Crippen molar-refractivity contribution in [3.63, 3.8) is 0 Å². The van der Waals surface area contributed by atoms with E-state index in [2.05, 4.69) is 0 Å². The quantitative estimate of drug-likeness (QED) is 0.176. The molecule has 0 spiro atoms. The van der Waals surface area contributed by atoms with Gasteiger partial charge in [0.2, 0.25) is 0 Å². The molecule has 0 bridgehead atoms. The van der Waals surface area contributed by atoms with Crippen molar-refractivity contribution < 1.29 is 66.6 Å². The fourth-order valence-corrected chi connectivity index (χ4v) is 7.01. The first-order chi connectivity index (χ1) is 28.9. The number of morpholine rings is 1. The normalized spacial score (nSPS) is 26.9. The second-order valence-corrected chi connectivity index (χ2v) is 14.4. The summed E-state index contributed by atoms with van der Waals surface area (Å²) in [5, 5.41) is 30.5. The maximum Gasteiger partial charge on any atom is 0.330 e. The average Bonchev–Trinajstić information content (AvgIpc) is 3.29. The van der Waals surface area contributed by atoms with Crippen LogP contribution < -0.4 is 0 Å². The predicted molar refractivity (Wildman–Crippen MR) is 212 cm³/mol. The van der Waals surface area contributed by atoms with Crippen molar-refractivity contribution in [3.05, 3.63) is 144 Å². The third-order valence-corrected chi connectivity index (χ3v) is 10.3. The summed E-state index contributed by atoms with van der Waals surface area (Å²) in [7, 11) is 1.41. The van der Waals surface area contributed by atoms with E-state index in [1.54, 1.807) is 110 Å². The summed E-state index contributed by atoms with van der Waals surface area (Å²) in [5.74, 6) is -1.92. The fraction of sp³-hybridized carbons (Fsp3) is 0.400. The van der Waals surface area contributed by atoms with E-state index in [-0.39, 0.29) is 12.0 Å². The van der Waals surface area contributed by atoms with Crippen molar-refractivity contribution in [1.82, 2.24) is 4.90 Å². The molecule has 0 aromatic heterocycles. The molecule has 3 aromatic carbocycles. The Balaban J connectivity index is 0.000000172. The van der Waals surface area contributed by atoms with Crippen molar-refractivity contribution in [2.24, 2.45) is 5.92 Å². The van der Waals surface area contributed by atoms with Crippen LogP contribution in [0.25, 0.3) is 0 Å². The van der Waals surface area contributed by atoms with Gasteiger partial charge in [0.1, 0.15) is 30.5 Å². The number of carbonyl (C=O) groups excluding carboxylic acids is 3. The second kappa shape index (κ2) is 22.4. The maximum atomic E-state index is 14.7. The van der Waals surface area contributed by atoms with Crippen LogP contribution in [0.1, 0.15) is 42.1 Å². The predicted octanol–water partition coefficient (Wildman–Crippen LogP) is 4.97. The number of carbonyl (C=O) groups is 3. The summed E-state index contributed by atoms with van der Waals surface area (Å²) in [6, 6.07) is 24.7. The van der Waals surface area contributed by atoms with E-state index in [0.29, 0.717) is 43.0 Å². The zero-order chi connectivity index (χ0) is 43.2. The SMILES string of the molecule is CO[C@H]1C=CC(=O)O[C@H]1[C@@H](O)[C@H](F)c1ccccc1.C[C@H]1C=CC(=O)O[C@H]1[C@@H](O)[C@H](F)c1ccccc1.O=C1C=C[C@H](N2CCOCC2)[C@H]([C@@H](O)[C@H](F)c2ccccc2)O1. The van der Waals surface area contributed by atoms with E-state index in [1.165, 1.54) is 31.4 Å². The molecule has 0 amide bonds. The van der Waals surface area contributed by atoms with Gasteiger partial charge in [-0.2, -0.15) is 0 Å². The zero-order valence-corrected chi connectivity index (χ0v) is 33.1. The van der Waals surface area contributed by atoms with Gasteiger partial charge in [-0.1, -0.05) is 110 Å². The van der Waals surface area contributed by atoms with Gasteiger partial charge < -0.3 is 39.0 Å². The van der Waals surface area contributed by atoms with E-state index in [4.69, 9.17) is 23.7 Å². The van der Waals surface area contributed by atoms with Crippen LogP contribution in [0.5, 0.6) is 0 Å². The molecule has 4 aliphatic rings. The van der Waals surface area contributed by atoms with Gasteiger partial charge in [-0.3, -0.25) is 4.90 Å². The highest BCUT2D eigenvalue weighted by atomic mass is 19.1. The molecule has 3 aromatic rings. The Morgan fingerprint density at radius 1 is 0.583 bits per heavy atom. The Kier molecular flexibility index (Phi) is 17.2. The summed E-state index contributed by atoms with van der Waals surface area (Å²) >= 11 is 0. The van der Waals surface area contributed by atoms with Crippen molar-refractivity contribution >= 4 is 17.9 Å². The minimum atomic E-state index is -1.65. The van der Waals surface area contributed by atoms with Crippen LogP contribution in [0, 0.1) is 5.92 Å². The molecule has 0 radical (unpaired) electrons. The molecule has 15 heteroatoms. The third kappa shape index (κ3) is 12.2. The molecule has 0 aliphatic carbocycles.